The molecular formula is C20H28N2O2. The lowest BCUT2D eigenvalue weighted by atomic mass is 9.87. The summed E-state index contributed by atoms with van der Waals surface area (Å²) in [6.45, 7) is 6.18. The molecule has 4 heteroatoms. The van der Waals surface area contributed by atoms with Crippen molar-refractivity contribution in [2.24, 2.45) is 17.8 Å². The molecule has 1 amide bonds. The third kappa shape index (κ3) is 2.87. The molecule has 24 heavy (non-hydrogen) atoms. The van der Waals surface area contributed by atoms with Gasteiger partial charge in [0.05, 0.1) is 12.3 Å². The van der Waals surface area contributed by atoms with Crippen LogP contribution < -0.4 is 9.64 Å². The summed E-state index contributed by atoms with van der Waals surface area (Å²) in [6, 6.07) is 8.23. The Balaban J connectivity index is 1.38. The standard InChI is InChI=1S/C20H28N2O2/c1-2-24-19-6-4-3-5-18(19)21-9-11-22(12-10-21)20(23)17-14-15-7-8-16(17)13-15/h3-6,15-17H,2,7-14H2,1H3/t15-,16+,17-/m0/s1. The number of para-hydroxylation sites is 2. The van der Waals surface area contributed by atoms with Crippen molar-refractivity contribution in [3.05, 3.63) is 24.3 Å². The van der Waals surface area contributed by atoms with Crippen LogP contribution in [-0.2, 0) is 4.79 Å². The van der Waals surface area contributed by atoms with Gasteiger partial charge in [0.2, 0.25) is 5.91 Å². The van der Waals surface area contributed by atoms with Crippen LogP contribution in [0.2, 0.25) is 0 Å². The third-order valence-electron chi connectivity index (χ3n) is 6.15. The van der Waals surface area contributed by atoms with Crippen LogP contribution in [-0.4, -0.2) is 43.6 Å². The van der Waals surface area contributed by atoms with Crippen LogP contribution in [0.3, 0.4) is 0 Å². The summed E-state index contributed by atoms with van der Waals surface area (Å²) in [6.07, 6.45) is 5.09. The van der Waals surface area contributed by atoms with Crippen LogP contribution in [0.5, 0.6) is 5.75 Å². The molecule has 4 nitrogen and oxygen atoms in total. The van der Waals surface area contributed by atoms with Crippen LogP contribution in [0.4, 0.5) is 5.69 Å². The number of anilines is 1. The van der Waals surface area contributed by atoms with Gasteiger partial charge < -0.3 is 14.5 Å². The Morgan fingerprint density at radius 1 is 1.12 bits per heavy atom. The maximum absolute atomic E-state index is 12.9. The van der Waals surface area contributed by atoms with Gasteiger partial charge in [-0.1, -0.05) is 18.6 Å². The van der Waals surface area contributed by atoms with Gasteiger partial charge in [-0.2, -0.15) is 0 Å². The summed E-state index contributed by atoms with van der Waals surface area (Å²) in [5, 5.41) is 0. The molecule has 0 N–H and O–H groups in total. The molecular weight excluding hydrogens is 300 g/mol. The van der Waals surface area contributed by atoms with Crippen LogP contribution >= 0.6 is 0 Å². The van der Waals surface area contributed by atoms with E-state index in [1.54, 1.807) is 0 Å². The Bertz CT molecular complexity index is 595. The lowest BCUT2D eigenvalue weighted by molar-refractivity contribution is -0.137. The van der Waals surface area contributed by atoms with Gasteiger partial charge in [0.1, 0.15) is 5.75 Å². The number of ether oxygens (including phenoxy) is 1. The molecule has 0 radical (unpaired) electrons. The van der Waals surface area contributed by atoms with E-state index in [1.165, 1.54) is 19.3 Å². The van der Waals surface area contributed by atoms with Gasteiger partial charge in [-0.15, -0.1) is 0 Å². The van der Waals surface area contributed by atoms with E-state index in [-0.39, 0.29) is 0 Å². The van der Waals surface area contributed by atoms with Gasteiger partial charge >= 0.3 is 0 Å². The molecule has 1 aromatic rings. The third-order valence-corrected chi connectivity index (χ3v) is 6.15. The fourth-order valence-corrected chi connectivity index (χ4v) is 4.95. The highest BCUT2D eigenvalue weighted by atomic mass is 16.5. The number of hydrogen-bond donors (Lipinski definition) is 0. The van der Waals surface area contributed by atoms with Crippen LogP contribution in [0.15, 0.2) is 24.3 Å². The fraction of sp³-hybridized carbons (Fsp3) is 0.650. The summed E-state index contributed by atoms with van der Waals surface area (Å²) in [5.74, 6) is 3.22. The van der Waals surface area contributed by atoms with Crippen molar-refractivity contribution in [2.75, 3.05) is 37.7 Å². The maximum Gasteiger partial charge on any atom is 0.226 e. The first kappa shape index (κ1) is 15.8. The molecule has 3 aliphatic rings. The van der Waals surface area contributed by atoms with Crippen molar-refractivity contribution >= 4 is 11.6 Å². The number of amides is 1. The van der Waals surface area contributed by atoms with Crippen molar-refractivity contribution in [1.29, 1.82) is 0 Å². The Morgan fingerprint density at radius 3 is 2.58 bits per heavy atom. The van der Waals surface area contributed by atoms with E-state index >= 15 is 0 Å². The second-order valence-electron chi connectivity index (χ2n) is 7.49. The molecule has 1 aromatic carbocycles. The molecule has 2 saturated carbocycles. The second-order valence-corrected chi connectivity index (χ2v) is 7.49. The number of hydrogen-bond acceptors (Lipinski definition) is 3. The Labute approximate surface area is 144 Å². The maximum atomic E-state index is 12.9. The molecule has 3 fully saturated rings. The Hall–Kier alpha value is -1.71. The lowest BCUT2D eigenvalue weighted by Gasteiger charge is -2.38. The summed E-state index contributed by atoms with van der Waals surface area (Å²) < 4.78 is 5.76. The summed E-state index contributed by atoms with van der Waals surface area (Å²) in [4.78, 5) is 17.4. The topological polar surface area (TPSA) is 32.8 Å². The summed E-state index contributed by atoms with van der Waals surface area (Å²) in [5.41, 5.74) is 1.16. The zero-order chi connectivity index (χ0) is 16.5. The minimum Gasteiger partial charge on any atom is -0.492 e. The molecule has 2 aliphatic carbocycles. The first-order valence-corrected chi connectivity index (χ1v) is 9.52. The van der Waals surface area contributed by atoms with Gasteiger partial charge in [-0.05, 0) is 50.2 Å². The van der Waals surface area contributed by atoms with Crippen LogP contribution in [0.1, 0.15) is 32.6 Å². The molecule has 0 aromatic heterocycles. The molecule has 130 valence electrons. The number of fused-ring (bicyclic) bond motifs is 2. The van der Waals surface area contributed by atoms with E-state index < -0.39 is 0 Å². The molecule has 3 atom stereocenters. The van der Waals surface area contributed by atoms with Gasteiger partial charge in [-0.25, -0.2) is 0 Å². The van der Waals surface area contributed by atoms with Gasteiger partial charge in [-0.3, -0.25) is 4.79 Å². The number of carbonyl (C=O) groups is 1. The van der Waals surface area contributed by atoms with Gasteiger partial charge in [0.15, 0.2) is 0 Å². The Morgan fingerprint density at radius 2 is 1.92 bits per heavy atom. The predicted molar refractivity (Wildman–Crippen MR) is 95.3 cm³/mol. The monoisotopic (exact) mass is 328 g/mol. The lowest BCUT2D eigenvalue weighted by Crippen LogP contribution is -2.51. The van der Waals surface area contributed by atoms with Crippen molar-refractivity contribution in [3.8, 4) is 5.75 Å². The molecule has 1 heterocycles. The molecule has 0 spiro atoms. The van der Waals surface area contributed by atoms with E-state index in [1.807, 2.05) is 19.1 Å². The minimum atomic E-state index is 0.325. The van der Waals surface area contributed by atoms with Crippen molar-refractivity contribution in [2.45, 2.75) is 32.6 Å². The zero-order valence-corrected chi connectivity index (χ0v) is 14.6. The normalized spacial score (nSPS) is 29.1. The van der Waals surface area contributed by atoms with E-state index in [4.69, 9.17) is 4.74 Å². The van der Waals surface area contributed by atoms with Gasteiger partial charge in [0.25, 0.3) is 0 Å². The van der Waals surface area contributed by atoms with Crippen molar-refractivity contribution in [3.63, 3.8) is 0 Å². The zero-order valence-electron chi connectivity index (χ0n) is 14.6. The molecule has 2 bridgehead atoms. The molecule has 4 rings (SSSR count). The molecule has 1 saturated heterocycles. The largest absolute Gasteiger partial charge is 0.492 e. The van der Waals surface area contributed by atoms with E-state index in [0.717, 1.165) is 50.0 Å². The van der Waals surface area contributed by atoms with Crippen molar-refractivity contribution < 1.29 is 9.53 Å². The van der Waals surface area contributed by atoms with Gasteiger partial charge in [0, 0.05) is 32.1 Å². The average molecular weight is 328 g/mol. The van der Waals surface area contributed by atoms with E-state index in [2.05, 4.69) is 21.9 Å². The Kier molecular flexibility index (Phi) is 4.38. The number of carbonyl (C=O) groups excluding carboxylic acids is 1. The molecule has 0 unspecified atom stereocenters. The van der Waals surface area contributed by atoms with Crippen molar-refractivity contribution in [1.82, 2.24) is 4.90 Å². The SMILES string of the molecule is CCOc1ccccc1N1CCN(C(=O)[C@H]2C[C@H]3CC[C@@H]2C3)CC1. The highest BCUT2D eigenvalue weighted by molar-refractivity contribution is 5.80. The smallest absolute Gasteiger partial charge is 0.226 e. The predicted octanol–water partition coefficient (Wildman–Crippen LogP) is 3.17. The number of piperazine rings is 1. The first-order chi connectivity index (χ1) is 11.8. The fourth-order valence-electron chi connectivity index (χ4n) is 4.95. The summed E-state index contributed by atoms with van der Waals surface area (Å²) in [7, 11) is 0. The first-order valence-electron chi connectivity index (χ1n) is 9.52. The number of benzene rings is 1. The number of rotatable bonds is 4. The van der Waals surface area contributed by atoms with E-state index in [0.29, 0.717) is 24.3 Å². The number of nitrogens with zero attached hydrogens (tertiary/aromatic N) is 2. The minimum absolute atomic E-state index is 0.325. The van der Waals surface area contributed by atoms with E-state index in [9.17, 15) is 4.79 Å². The van der Waals surface area contributed by atoms with Crippen LogP contribution in [0, 0.1) is 17.8 Å². The molecule has 1 aliphatic heterocycles. The summed E-state index contributed by atoms with van der Waals surface area (Å²) >= 11 is 0. The average Bonchev–Trinajstić information content (AvgIpc) is 3.25. The second kappa shape index (κ2) is 6.66. The quantitative estimate of drug-likeness (QED) is 0.851. The highest BCUT2D eigenvalue weighted by Gasteiger charge is 2.44. The van der Waals surface area contributed by atoms with Crippen LogP contribution in [0.25, 0.3) is 0 Å². The highest BCUT2D eigenvalue weighted by Crippen LogP contribution is 2.49.